The average Bonchev–Trinajstić information content (AvgIpc) is 2.95. The van der Waals surface area contributed by atoms with E-state index in [4.69, 9.17) is 9.47 Å². The Kier molecular flexibility index (Phi) is 3.82. The Morgan fingerprint density at radius 1 is 1.33 bits per heavy atom. The molecule has 0 unspecified atom stereocenters. The van der Waals surface area contributed by atoms with Gasteiger partial charge in [0.05, 0.1) is 13.2 Å². The first-order chi connectivity index (χ1) is 10.1. The van der Waals surface area contributed by atoms with Crippen molar-refractivity contribution in [3.05, 3.63) is 34.2 Å². The Labute approximate surface area is 123 Å². The quantitative estimate of drug-likeness (QED) is 0.887. The van der Waals surface area contributed by atoms with E-state index >= 15 is 0 Å². The first-order valence-corrected chi connectivity index (χ1v) is 7.33. The van der Waals surface area contributed by atoms with Crippen LogP contribution in [0, 0.1) is 0 Å². The molecule has 2 aliphatic rings. The monoisotopic (exact) mass is 292 g/mol. The highest BCUT2D eigenvalue weighted by Gasteiger charge is 2.41. The molecular formula is C15H20N2O4. The van der Waals surface area contributed by atoms with Gasteiger partial charge in [-0.1, -0.05) is 0 Å². The summed E-state index contributed by atoms with van der Waals surface area (Å²) in [7, 11) is 1.79. The highest BCUT2D eigenvalue weighted by molar-refractivity contribution is 5.94. The number of aromatic amines is 1. The number of hydrogen-bond donors (Lipinski definition) is 1. The lowest BCUT2D eigenvalue weighted by Crippen LogP contribution is -2.45. The smallest absolute Gasteiger partial charge is 0.254 e. The molecule has 6 heteroatoms. The molecule has 1 amide bonds. The predicted molar refractivity (Wildman–Crippen MR) is 76.0 cm³/mol. The van der Waals surface area contributed by atoms with Crippen LogP contribution in [0.3, 0.4) is 0 Å². The van der Waals surface area contributed by atoms with Gasteiger partial charge in [-0.2, -0.15) is 0 Å². The van der Waals surface area contributed by atoms with Crippen LogP contribution in [0.25, 0.3) is 0 Å². The van der Waals surface area contributed by atoms with Gasteiger partial charge < -0.3 is 19.4 Å². The number of nitrogens with zero attached hydrogens (tertiary/aromatic N) is 1. The second-order valence-electron chi connectivity index (χ2n) is 5.70. The second kappa shape index (κ2) is 5.61. The molecule has 1 saturated carbocycles. The van der Waals surface area contributed by atoms with Gasteiger partial charge in [0.2, 0.25) is 5.56 Å². The number of rotatable bonds is 2. The minimum absolute atomic E-state index is 0.115. The molecule has 0 bridgehead atoms. The van der Waals surface area contributed by atoms with Crippen molar-refractivity contribution in [2.75, 3.05) is 20.3 Å². The highest BCUT2D eigenvalue weighted by Crippen LogP contribution is 2.37. The van der Waals surface area contributed by atoms with Crippen LogP contribution < -0.4 is 5.56 Å². The van der Waals surface area contributed by atoms with E-state index in [0.29, 0.717) is 18.8 Å². The van der Waals surface area contributed by atoms with Gasteiger partial charge in [0.25, 0.3) is 5.91 Å². The number of H-pyrrole nitrogens is 1. The molecule has 1 saturated heterocycles. The lowest BCUT2D eigenvalue weighted by molar-refractivity contribution is -0.182. The van der Waals surface area contributed by atoms with Gasteiger partial charge in [-0.3, -0.25) is 9.59 Å². The van der Waals surface area contributed by atoms with E-state index in [1.54, 1.807) is 18.0 Å². The molecule has 1 spiro atoms. The number of nitrogens with one attached hydrogen (secondary N) is 1. The molecule has 3 rings (SSSR count). The van der Waals surface area contributed by atoms with Gasteiger partial charge in [0.15, 0.2) is 5.79 Å². The molecule has 2 heterocycles. The summed E-state index contributed by atoms with van der Waals surface area (Å²) in [6.07, 6.45) is 4.83. The average molecular weight is 292 g/mol. The molecule has 0 atom stereocenters. The van der Waals surface area contributed by atoms with Crippen LogP contribution >= 0.6 is 0 Å². The largest absolute Gasteiger partial charge is 0.348 e. The van der Waals surface area contributed by atoms with E-state index < -0.39 is 5.79 Å². The van der Waals surface area contributed by atoms with Crippen LogP contribution in [0.1, 0.15) is 36.0 Å². The fourth-order valence-electron chi connectivity index (χ4n) is 3.16. The van der Waals surface area contributed by atoms with Crippen molar-refractivity contribution in [1.82, 2.24) is 9.88 Å². The van der Waals surface area contributed by atoms with Crippen molar-refractivity contribution in [3.8, 4) is 0 Å². The summed E-state index contributed by atoms with van der Waals surface area (Å²) in [5.41, 5.74) is 0.166. The normalized spacial score (nSPS) is 21.6. The van der Waals surface area contributed by atoms with Gasteiger partial charge in [0.1, 0.15) is 0 Å². The van der Waals surface area contributed by atoms with Gasteiger partial charge in [-0.25, -0.2) is 0 Å². The van der Waals surface area contributed by atoms with Crippen molar-refractivity contribution in [2.45, 2.75) is 37.5 Å². The number of ether oxygens (including phenoxy) is 2. The molecule has 0 aromatic carbocycles. The van der Waals surface area contributed by atoms with E-state index in [1.807, 2.05) is 0 Å². The van der Waals surface area contributed by atoms with Crippen molar-refractivity contribution < 1.29 is 14.3 Å². The number of carbonyl (C=O) groups excluding carboxylic acids is 1. The van der Waals surface area contributed by atoms with Gasteiger partial charge in [-0.05, 0) is 18.9 Å². The maximum atomic E-state index is 12.4. The van der Waals surface area contributed by atoms with Crippen LogP contribution in [0.15, 0.2) is 23.1 Å². The standard InChI is InChI=1S/C15H20N2O4/c1-17(14(19)11-4-7-16-13(18)10-11)12-2-5-15(6-3-12)20-8-9-21-15/h4,7,10,12H,2-3,5-6,8-9H2,1H3,(H,16,18). The Hall–Kier alpha value is -1.66. The molecular weight excluding hydrogens is 272 g/mol. The predicted octanol–water partition coefficient (Wildman–Crippen LogP) is 1.13. The van der Waals surface area contributed by atoms with Gasteiger partial charge in [0, 0.05) is 43.8 Å². The number of carbonyl (C=O) groups is 1. The van der Waals surface area contributed by atoms with Crippen molar-refractivity contribution in [3.63, 3.8) is 0 Å². The summed E-state index contributed by atoms with van der Waals surface area (Å²) in [4.78, 5) is 28.0. The van der Waals surface area contributed by atoms with Crippen LogP contribution in [0.4, 0.5) is 0 Å². The van der Waals surface area contributed by atoms with Crippen LogP contribution in [-0.4, -0.2) is 47.9 Å². The summed E-state index contributed by atoms with van der Waals surface area (Å²) >= 11 is 0. The van der Waals surface area contributed by atoms with E-state index in [0.717, 1.165) is 25.7 Å². The zero-order valence-electron chi connectivity index (χ0n) is 12.1. The Bertz CT molecular complexity index is 567. The molecule has 2 fully saturated rings. The van der Waals surface area contributed by atoms with E-state index in [-0.39, 0.29) is 17.5 Å². The van der Waals surface area contributed by atoms with Gasteiger partial charge >= 0.3 is 0 Å². The molecule has 1 aromatic heterocycles. The number of aromatic nitrogens is 1. The first-order valence-electron chi connectivity index (χ1n) is 7.33. The molecule has 1 N–H and O–H groups in total. The minimum atomic E-state index is -0.412. The van der Waals surface area contributed by atoms with E-state index in [9.17, 15) is 9.59 Å². The van der Waals surface area contributed by atoms with Crippen molar-refractivity contribution in [1.29, 1.82) is 0 Å². The summed E-state index contributed by atoms with van der Waals surface area (Å²) in [6.45, 7) is 1.32. The summed E-state index contributed by atoms with van der Waals surface area (Å²) in [5.74, 6) is -0.528. The number of pyridine rings is 1. The highest BCUT2D eigenvalue weighted by atomic mass is 16.7. The van der Waals surface area contributed by atoms with E-state index in [2.05, 4.69) is 4.98 Å². The molecule has 1 aliphatic heterocycles. The molecule has 0 radical (unpaired) electrons. The number of amides is 1. The molecule has 1 aromatic rings. The van der Waals surface area contributed by atoms with Crippen molar-refractivity contribution >= 4 is 5.91 Å². The fourth-order valence-corrected chi connectivity index (χ4v) is 3.16. The maximum absolute atomic E-state index is 12.4. The topological polar surface area (TPSA) is 71.6 Å². The summed E-state index contributed by atoms with van der Waals surface area (Å²) < 4.78 is 11.4. The van der Waals surface area contributed by atoms with Gasteiger partial charge in [-0.15, -0.1) is 0 Å². The molecule has 6 nitrogen and oxygen atoms in total. The molecule has 21 heavy (non-hydrogen) atoms. The zero-order chi connectivity index (χ0) is 14.9. The zero-order valence-corrected chi connectivity index (χ0v) is 12.1. The summed E-state index contributed by atoms with van der Waals surface area (Å²) in [6, 6.07) is 3.13. The fraction of sp³-hybridized carbons (Fsp3) is 0.600. The minimum Gasteiger partial charge on any atom is -0.348 e. The third-order valence-corrected chi connectivity index (χ3v) is 4.42. The SMILES string of the molecule is CN(C(=O)c1cc[nH]c(=O)c1)C1CCC2(CC1)OCCO2. The van der Waals surface area contributed by atoms with E-state index in [1.165, 1.54) is 12.3 Å². The Morgan fingerprint density at radius 3 is 2.62 bits per heavy atom. The maximum Gasteiger partial charge on any atom is 0.254 e. The lowest BCUT2D eigenvalue weighted by Gasteiger charge is -2.39. The van der Waals surface area contributed by atoms with Crippen LogP contribution in [0.5, 0.6) is 0 Å². The Balaban J connectivity index is 1.65. The second-order valence-corrected chi connectivity index (χ2v) is 5.70. The third kappa shape index (κ3) is 2.87. The summed E-state index contributed by atoms with van der Waals surface area (Å²) in [5, 5.41) is 0. The lowest BCUT2D eigenvalue weighted by atomic mass is 9.89. The number of hydrogen-bond acceptors (Lipinski definition) is 4. The third-order valence-electron chi connectivity index (χ3n) is 4.42. The molecule has 1 aliphatic carbocycles. The van der Waals surface area contributed by atoms with Crippen LogP contribution in [-0.2, 0) is 9.47 Å². The van der Waals surface area contributed by atoms with Crippen LogP contribution in [0.2, 0.25) is 0 Å². The Morgan fingerprint density at radius 2 is 2.00 bits per heavy atom. The molecule has 114 valence electrons. The first kappa shape index (κ1) is 14.3. The van der Waals surface area contributed by atoms with Crippen molar-refractivity contribution in [2.24, 2.45) is 0 Å².